The number of hydrogen-bond donors (Lipinski definition) is 1. The molecule has 3 rings (SSSR count). The summed E-state index contributed by atoms with van der Waals surface area (Å²) in [4.78, 5) is 26.6. The first-order valence-corrected chi connectivity index (χ1v) is 9.89. The lowest BCUT2D eigenvalue weighted by molar-refractivity contribution is 0.0816. The Morgan fingerprint density at radius 3 is 2.55 bits per heavy atom. The van der Waals surface area contributed by atoms with E-state index in [9.17, 15) is 9.59 Å². The lowest BCUT2D eigenvalue weighted by Gasteiger charge is -2.13. The summed E-state index contributed by atoms with van der Waals surface area (Å²) in [7, 11) is 3.30. The van der Waals surface area contributed by atoms with Gasteiger partial charge in [-0.2, -0.15) is 10.2 Å². The first kappa shape index (κ1) is 20.8. The van der Waals surface area contributed by atoms with Crippen molar-refractivity contribution in [2.75, 3.05) is 19.4 Å². The lowest BCUT2D eigenvalue weighted by atomic mass is 10.3. The van der Waals surface area contributed by atoms with E-state index in [1.807, 2.05) is 20.8 Å². The molecule has 0 aliphatic heterocycles. The molecule has 3 aromatic rings. The highest BCUT2D eigenvalue weighted by atomic mass is 79.9. The fourth-order valence-corrected chi connectivity index (χ4v) is 3.18. The minimum Gasteiger partial charge on any atom is -0.454 e. The Morgan fingerprint density at radius 2 is 1.97 bits per heavy atom. The summed E-state index contributed by atoms with van der Waals surface area (Å²) in [5.74, 6) is 0.0549. The Hall–Kier alpha value is -2.88. The van der Waals surface area contributed by atoms with Gasteiger partial charge in [-0.15, -0.1) is 0 Å². The normalized spacial score (nSPS) is 11.0. The van der Waals surface area contributed by atoms with Crippen LogP contribution >= 0.6 is 15.9 Å². The number of hydrogen-bond acceptors (Lipinski definition) is 5. The predicted octanol–water partition coefficient (Wildman–Crippen LogP) is 3.07. The molecule has 3 aromatic heterocycles. The molecule has 0 saturated heterocycles. The Bertz CT molecular complexity index is 1060. The van der Waals surface area contributed by atoms with E-state index in [1.54, 1.807) is 35.6 Å². The highest BCUT2D eigenvalue weighted by molar-refractivity contribution is 9.10. The maximum absolute atomic E-state index is 12.7. The van der Waals surface area contributed by atoms with Gasteiger partial charge in [0.25, 0.3) is 11.8 Å². The molecular formula is C19H23BrN6O3. The zero-order chi connectivity index (χ0) is 21.3. The first-order chi connectivity index (χ1) is 13.7. The third kappa shape index (κ3) is 4.12. The molecule has 29 heavy (non-hydrogen) atoms. The number of carbonyl (C=O) groups is 2. The Labute approximate surface area is 176 Å². The van der Waals surface area contributed by atoms with Crippen molar-refractivity contribution in [1.29, 1.82) is 0 Å². The van der Waals surface area contributed by atoms with Gasteiger partial charge in [-0.05, 0) is 48.8 Å². The molecular weight excluding hydrogens is 440 g/mol. The number of nitrogens with zero attached hydrogens (tertiary/aromatic N) is 5. The van der Waals surface area contributed by atoms with Crippen LogP contribution in [0.3, 0.4) is 0 Å². The molecule has 0 saturated carbocycles. The van der Waals surface area contributed by atoms with Crippen LogP contribution in [0.2, 0.25) is 0 Å². The quantitative estimate of drug-likeness (QED) is 0.606. The van der Waals surface area contributed by atoms with Gasteiger partial charge in [0.2, 0.25) is 0 Å². The van der Waals surface area contributed by atoms with Crippen molar-refractivity contribution in [3.8, 4) is 0 Å². The van der Waals surface area contributed by atoms with Crippen molar-refractivity contribution < 1.29 is 14.0 Å². The highest BCUT2D eigenvalue weighted by Gasteiger charge is 2.22. The Balaban J connectivity index is 1.78. The number of aromatic nitrogens is 4. The van der Waals surface area contributed by atoms with E-state index < -0.39 is 5.91 Å². The SMILES string of the molecule is CCn1ncc(NC(=O)c2ccc(Cn3nc(C)c(Br)c3C)o2)c1C(=O)N(C)C. The molecule has 0 atom stereocenters. The fourth-order valence-electron chi connectivity index (χ4n) is 2.90. The second kappa shape index (κ2) is 8.24. The molecule has 10 heteroatoms. The van der Waals surface area contributed by atoms with Crippen LogP contribution in [0.5, 0.6) is 0 Å². The molecule has 9 nitrogen and oxygen atoms in total. The number of furan rings is 1. The van der Waals surface area contributed by atoms with E-state index >= 15 is 0 Å². The van der Waals surface area contributed by atoms with Crippen molar-refractivity contribution in [3.63, 3.8) is 0 Å². The third-order valence-electron chi connectivity index (χ3n) is 4.48. The van der Waals surface area contributed by atoms with Gasteiger partial charge in [-0.1, -0.05) is 0 Å². The van der Waals surface area contributed by atoms with Gasteiger partial charge in [0.1, 0.15) is 11.5 Å². The number of halogens is 1. The van der Waals surface area contributed by atoms with Crippen molar-refractivity contribution in [2.45, 2.75) is 33.9 Å². The molecule has 1 N–H and O–H groups in total. The number of rotatable bonds is 6. The fraction of sp³-hybridized carbons (Fsp3) is 0.368. The van der Waals surface area contributed by atoms with Crippen molar-refractivity contribution in [1.82, 2.24) is 24.5 Å². The van der Waals surface area contributed by atoms with E-state index in [2.05, 4.69) is 31.4 Å². The average Bonchev–Trinajstić information content (AvgIpc) is 3.37. The van der Waals surface area contributed by atoms with Crippen LogP contribution in [0.4, 0.5) is 5.69 Å². The third-order valence-corrected chi connectivity index (χ3v) is 5.63. The minimum atomic E-state index is -0.450. The number of anilines is 1. The van der Waals surface area contributed by atoms with Crippen molar-refractivity contribution in [2.24, 2.45) is 0 Å². The van der Waals surface area contributed by atoms with E-state index in [4.69, 9.17) is 4.42 Å². The van der Waals surface area contributed by atoms with Crippen LogP contribution in [-0.4, -0.2) is 50.4 Å². The standard InChI is InChI=1S/C19H23BrN6O3/c1-6-25-17(19(28)24(4)5)14(9-21-25)22-18(27)15-8-7-13(29-15)10-26-12(3)16(20)11(2)23-26/h7-9H,6,10H2,1-5H3,(H,22,27). The van der Waals surface area contributed by atoms with Gasteiger partial charge in [-0.3, -0.25) is 19.0 Å². The summed E-state index contributed by atoms with van der Waals surface area (Å²) >= 11 is 3.50. The number of aryl methyl sites for hydroxylation is 2. The molecule has 0 aromatic carbocycles. The van der Waals surface area contributed by atoms with Crippen molar-refractivity contribution in [3.05, 3.63) is 51.4 Å². The van der Waals surface area contributed by atoms with Crippen LogP contribution in [0.25, 0.3) is 0 Å². The maximum atomic E-state index is 12.7. The topological polar surface area (TPSA) is 98.2 Å². The van der Waals surface area contributed by atoms with E-state index in [0.29, 0.717) is 30.2 Å². The Morgan fingerprint density at radius 1 is 1.24 bits per heavy atom. The van der Waals surface area contributed by atoms with Gasteiger partial charge < -0.3 is 14.6 Å². The first-order valence-electron chi connectivity index (χ1n) is 9.10. The van der Waals surface area contributed by atoms with Crippen molar-refractivity contribution >= 4 is 33.4 Å². The van der Waals surface area contributed by atoms with E-state index in [-0.39, 0.29) is 11.7 Å². The van der Waals surface area contributed by atoms with Gasteiger partial charge in [0.15, 0.2) is 5.76 Å². The summed E-state index contributed by atoms with van der Waals surface area (Å²) < 4.78 is 10.0. The smallest absolute Gasteiger partial charge is 0.291 e. The lowest BCUT2D eigenvalue weighted by Crippen LogP contribution is -2.26. The molecule has 0 bridgehead atoms. The summed E-state index contributed by atoms with van der Waals surface area (Å²) in [6, 6.07) is 3.34. The summed E-state index contributed by atoms with van der Waals surface area (Å²) in [5, 5.41) is 11.3. The Kier molecular flexibility index (Phi) is 5.92. The molecule has 0 aliphatic rings. The molecule has 154 valence electrons. The number of amides is 2. The van der Waals surface area contributed by atoms with Gasteiger partial charge in [-0.25, -0.2) is 0 Å². The van der Waals surface area contributed by atoms with Gasteiger partial charge in [0.05, 0.1) is 34.3 Å². The van der Waals surface area contributed by atoms with Gasteiger partial charge >= 0.3 is 0 Å². The predicted molar refractivity (Wildman–Crippen MR) is 111 cm³/mol. The summed E-state index contributed by atoms with van der Waals surface area (Å²) in [6.45, 7) is 6.66. The molecule has 3 heterocycles. The molecule has 2 amide bonds. The molecule has 0 aliphatic carbocycles. The maximum Gasteiger partial charge on any atom is 0.291 e. The molecule has 0 spiro atoms. The second-order valence-electron chi connectivity index (χ2n) is 6.78. The van der Waals surface area contributed by atoms with Crippen LogP contribution in [0.15, 0.2) is 27.2 Å². The highest BCUT2D eigenvalue weighted by Crippen LogP contribution is 2.22. The zero-order valence-corrected chi connectivity index (χ0v) is 18.6. The molecule has 0 radical (unpaired) electrons. The molecule has 0 fully saturated rings. The largest absolute Gasteiger partial charge is 0.454 e. The van der Waals surface area contributed by atoms with Crippen LogP contribution in [-0.2, 0) is 13.1 Å². The van der Waals surface area contributed by atoms with Crippen LogP contribution in [0.1, 0.15) is 45.1 Å². The van der Waals surface area contributed by atoms with E-state index in [1.165, 1.54) is 11.1 Å². The monoisotopic (exact) mass is 462 g/mol. The van der Waals surface area contributed by atoms with E-state index in [0.717, 1.165) is 15.9 Å². The molecule has 0 unspecified atom stereocenters. The summed E-state index contributed by atoms with van der Waals surface area (Å²) in [6.07, 6.45) is 1.47. The van der Waals surface area contributed by atoms with Gasteiger partial charge in [0, 0.05) is 20.6 Å². The zero-order valence-electron chi connectivity index (χ0n) is 17.0. The van der Waals surface area contributed by atoms with Crippen LogP contribution in [0, 0.1) is 13.8 Å². The average molecular weight is 463 g/mol. The number of carbonyl (C=O) groups excluding carboxylic acids is 2. The minimum absolute atomic E-state index is 0.146. The van der Waals surface area contributed by atoms with Crippen LogP contribution < -0.4 is 5.32 Å². The summed E-state index contributed by atoms with van der Waals surface area (Å²) in [5.41, 5.74) is 2.53. The number of nitrogens with one attached hydrogen (secondary N) is 1. The second-order valence-corrected chi connectivity index (χ2v) is 7.58.